The fraction of sp³-hybridized carbons (Fsp3) is 0.417. The summed E-state index contributed by atoms with van der Waals surface area (Å²) in [5.74, 6) is -1.19. The largest absolute Gasteiger partial charge is 0.481 e. The highest BCUT2D eigenvalue weighted by Gasteiger charge is 2.49. The van der Waals surface area contributed by atoms with Crippen LogP contribution < -0.4 is 5.73 Å². The summed E-state index contributed by atoms with van der Waals surface area (Å²) >= 11 is 0. The molecule has 3 nitrogen and oxygen atoms in total. The SMILES string of the molecule is NC(c1ccc(F)cc1)C1(C(=O)O)CCC1. The van der Waals surface area contributed by atoms with Crippen LogP contribution in [0.25, 0.3) is 0 Å². The maximum Gasteiger partial charge on any atom is 0.311 e. The summed E-state index contributed by atoms with van der Waals surface area (Å²) in [4.78, 5) is 11.2. The number of hydrogen-bond donors (Lipinski definition) is 2. The molecule has 1 unspecified atom stereocenters. The first-order valence-corrected chi connectivity index (χ1v) is 5.31. The van der Waals surface area contributed by atoms with E-state index in [-0.39, 0.29) is 5.82 Å². The van der Waals surface area contributed by atoms with Crippen LogP contribution in [-0.4, -0.2) is 11.1 Å². The van der Waals surface area contributed by atoms with Crippen molar-refractivity contribution in [1.29, 1.82) is 0 Å². The third kappa shape index (κ3) is 1.59. The Hall–Kier alpha value is -1.42. The van der Waals surface area contributed by atoms with Crippen molar-refractivity contribution in [3.8, 4) is 0 Å². The second-order valence-electron chi connectivity index (χ2n) is 4.34. The Morgan fingerprint density at radius 2 is 1.94 bits per heavy atom. The lowest BCUT2D eigenvalue weighted by Crippen LogP contribution is -2.46. The van der Waals surface area contributed by atoms with E-state index in [0.717, 1.165) is 6.42 Å². The van der Waals surface area contributed by atoms with Crippen molar-refractivity contribution in [3.05, 3.63) is 35.6 Å². The van der Waals surface area contributed by atoms with Gasteiger partial charge in [0.25, 0.3) is 0 Å². The Kier molecular flexibility index (Phi) is 2.68. The molecule has 0 aliphatic heterocycles. The molecule has 1 fully saturated rings. The number of halogens is 1. The second-order valence-corrected chi connectivity index (χ2v) is 4.34. The first-order valence-electron chi connectivity index (χ1n) is 5.31. The minimum atomic E-state index is -0.851. The molecule has 3 N–H and O–H groups in total. The van der Waals surface area contributed by atoms with E-state index in [2.05, 4.69) is 0 Å². The Balaban J connectivity index is 2.27. The van der Waals surface area contributed by atoms with Gasteiger partial charge in [0.1, 0.15) is 5.82 Å². The summed E-state index contributed by atoms with van der Waals surface area (Å²) in [5.41, 5.74) is 5.82. The van der Waals surface area contributed by atoms with Gasteiger partial charge in [-0.25, -0.2) is 4.39 Å². The minimum Gasteiger partial charge on any atom is -0.481 e. The molecular weight excluding hydrogens is 209 g/mol. The molecular formula is C12H14FNO2. The van der Waals surface area contributed by atoms with Crippen molar-refractivity contribution in [1.82, 2.24) is 0 Å². The van der Waals surface area contributed by atoms with E-state index in [1.807, 2.05) is 0 Å². The normalized spacial score (nSPS) is 19.9. The molecule has 2 rings (SSSR count). The van der Waals surface area contributed by atoms with Crippen molar-refractivity contribution in [2.45, 2.75) is 25.3 Å². The lowest BCUT2D eigenvalue weighted by atomic mass is 9.62. The van der Waals surface area contributed by atoms with E-state index < -0.39 is 17.4 Å². The molecule has 0 aromatic heterocycles. The van der Waals surface area contributed by atoms with E-state index >= 15 is 0 Å². The van der Waals surface area contributed by atoms with Gasteiger partial charge >= 0.3 is 5.97 Å². The molecule has 1 aliphatic rings. The summed E-state index contributed by atoms with van der Waals surface area (Å²) in [6.45, 7) is 0. The van der Waals surface area contributed by atoms with Crippen LogP contribution in [0.1, 0.15) is 30.9 Å². The number of carbonyl (C=O) groups is 1. The number of rotatable bonds is 3. The maximum absolute atomic E-state index is 12.7. The van der Waals surface area contributed by atoms with Gasteiger partial charge < -0.3 is 10.8 Å². The molecule has 1 atom stereocenters. The van der Waals surface area contributed by atoms with E-state index in [1.165, 1.54) is 12.1 Å². The number of hydrogen-bond acceptors (Lipinski definition) is 2. The van der Waals surface area contributed by atoms with Crippen LogP contribution in [0, 0.1) is 11.2 Å². The summed E-state index contributed by atoms with van der Waals surface area (Å²) < 4.78 is 12.7. The smallest absolute Gasteiger partial charge is 0.311 e. The lowest BCUT2D eigenvalue weighted by Gasteiger charge is -2.42. The van der Waals surface area contributed by atoms with E-state index in [0.29, 0.717) is 18.4 Å². The van der Waals surface area contributed by atoms with Crippen LogP contribution in [0.2, 0.25) is 0 Å². The molecule has 1 aromatic carbocycles. The predicted octanol–water partition coefficient (Wildman–Crippen LogP) is 2.08. The van der Waals surface area contributed by atoms with Crippen LogP contribution >= 0.6 is 0 Å². The molecule has 0 saturated heterocycles. The van der Waals surface area contributed by atoms with Gasteiger partial charge in [0, 0.05) is 6.04 Å². The zero-order valence-electron chi connectivity index (χ0n) is 8.82. The van der Waals surface area contributed by atoms with Gasteiger partial charge in [0.2, 0.25) is 0 Å². The Bertz CT molecular complexity index is 398. The first-order chi connectivity index (χ1) is 7.56. The lowest BCUT2D eigenvalue weighted by molar-refractivity contribution is -0.156. The highest BCUT2D eigenvalue weighted by Crippen LogP contribution is 2.49. The monoisotopic (exact) mass is 223 g/mol. The van der Waals surface area contributed by atoms with Crippen LogP contribution in [0.4, 0.5) is 4.39 Å². The van der Waals surface area contributed by atoms with E-state index in [1.54, 1.807) is 12.1 Å². The predicted molar refractivity (Wildman–Crippen MR) is 57.2 cm³/mol. The molecule has 1 saturated carbocycles. The average molecular weight is 223 g/mol. The van der Waals surface area contributed by atoms with Gasteiger partial charge in [-0.3, -0.25) is 4.79 Å². The van der Waals surface area contributed by atoms with E-state index in [4.69, 9.17) is 5.73 Å². The fourth-order valence-electron chi connectivity index (χ4n) is 2.20. The van der Waals surface area contributed by atoms with Gasteiger partial charge in [0.05, 0.1) is 5.41 Å². The van der Waals surface area contributed by atoms with Crippen molar-refractivity contribution < 1.29 is 14.3 Å². The molecule has 1 aromatic rings. The van der Waals surface area contributed by atoms with Crippen molar-refractivity contribution in [2.75, 3.05) is 0 Å². The average Bonchev–Trinajstić information content (AvgIpc) is 2.16. The summed E-state index contributed by atoms with van der Waals surface area (Å²) in [5, 5.41) is 9.22. The third-order valence-corrected chi connectivity index (χ3v) is 3.50. The molecule has 0 amide bonds. The van der Waals surface area contributed by atoms with E-state index in [9.17, 15) is 14.3 Å². The molecule has 16 heavy (non-hydrogen) atoms. The van der Waals surface area contributed by atoms with Gasteiger partial charge in [-0.15, -0.1) is 0 Å². The van der Waals surface area contributed by atoms with Crippen molar-refractivity contribution >= 4 is 5.97 Å². The van der Waals surface area contributed by atoms with Gasteiger partial charge in [-0.1, -0.05) is 18.6 Å². The molecule has 0 heterocycles. The third-order valence-electron chi connectivity index (χ3n) is 3.50. The molecule has 0 radical (unpaired) electrons. The summed E-state index contributed by atoms with van der Waals surface area (Å²) in [7, 11) is 0. The quantitative estimate of drug-likeness (QED) is 0.824. The summed E-state index contributed by atoms with van der Waals surface area (Å²) in [6.07, 6.45) is 2.09. The zero-order valence-corrected chi connectivity index (χ0v) is 8.82. The topological polar surface area (TPSA) is 63.3 Å². The first kappa shape index (κ1) is 11.1. The Morgan fingerprint density at radius 1 is 1.38 bits per heavy atom. The second kappa shape index (κ2) is 3.87. The number of aliphatic carboxylic acids is 1. The van der Waals surface area contributed by atoms with Crippen molar-refractivity contribution in [3.63, 3.8) is 0 Å². The molecule has 0 spiro atoms. The van der Waals surface area contributed by atoms with Crippen LogP contribution in [-0.2, 0) is 4.79 Å². The standard InChI is InChI=1S/C12H14FNO2/c13-9-4-2-8(3-5-9)10(14)12(11(15)16)6-1-7-12/h2-5,10H,1,6-7,14H2,(H,15,16). The highest BCUT2D eigenvalue weighted by molar-refractivity contribution is 5.77. The minimum absolute atomic E-state index is 0.339. The van der Waals surface area contributed by atoms with Gasteiger partial charge in [-0.2, -0.15) is 0 Å². The van der Waals surface area contributed by atoms with Gasteiger partial charge in [-0.05, 0) is 30.5 Å². The number of nitrogens with two attached hydrogens (primary N) is 1. The molecule has 4 heteroatoms. The van der Waals surface area contributed by atoms with Gasteiger partial charge in [0.15, 0.2) is 0 Å². The fourth-order valence-corrected chi connectivity index (χ4v) is 2.20. The number of carboxylic acids is 1. The molecule has 0 bridgehead atoms. The maximum atomic E-state index is 12.7. The number of carboxylic acid groups (broad SMARTS) is 1. The Labute approximate surface area is 93.1 Å². The molecule has 1 aliphatic carbocycles. The van der Waals surface area contributed by atoms with Crippen molar-refractivity contribution in [2.24, 2.45) is 11.1 Å². The van der Waals surface area contributed by atoms with Crippen LogP contribution in [0.5, 0.6) is 0 Å². The zero-order chi connectivity index (χ0) is 11.8. The van der Waals surface area contributed by atoms with Crippen LogP contribution in [0.3, 0.4) is 0 Å². The Morgan fingerprint density at radius 3 is 2.31 bits per heavy atom. The molecule has 86 valence electrons. The van der Waals surface area contributed by atoms with Crippen LogP contribution in [0.15, 0.2) is 24.3 Å². The number of benzene rings is 1. The summed E-state index contributed by atoms with van der Waals surface area (Å²) in [6, 6.07) is 5.18. The highest BCUT2D eigenvalue weighted by atomic mass is 19.1.